The molecule has 2 fully saturated rings. The molecule has 0 radical (unpaired) electrons. The molecule has 0 bridgehead atoms. The molecule has 2 saturated heterocycles. The number of sulfonamides is 1. The molecule has 0 aliphatic carbocycles. The van der Waals surface area contributed by atoms with E-state index in [2.05, 4.69) is 0 Å². The van der Waals surface area contributed by atoms with Gasteiger partial charge >= 0.3 is 0 Å². The highest BCUT2D eigenvalue weighted by molar-refractivity contribution is 7.89. The minimum Gasteiger partial charge on any atom is -0.494 e. The first-order chi connectivity index (χ1) is 10.5. The topological polar surface area (TPSA) is 65.1 Å². The van der Waals surface area contributed by atoms with Crippen LogP contribution < -0.4 is 4.74 Å². The first-order valence-corrected chi connectivity index (χ1v) is 8.52. The van der Waals surface area contributed by atoms with Crippen LogP contribution in [-0.2, 0) is 19.5 Å². The molecule has 0 N–H and O–H groups in total. The van der Waals surface area contributed by atoms with Crippen molar-refractivity contribution in [3.05, 3.63) is 24.0 Å². The van der Waals surface area contributed by atoms with Gasteiger partial charge in [0.15, 0.2) is 17.4 Å². The van der Waals surface area contributed by atoms with Crippen molar-refractivity contribution in [1.82, 2.24) is 4.31 Å². The van der Waals surface area contributed by atoms with Crippen LogP contribution in [0.15, 0.2) is 23.1 Å². The average molecular weight is 331 g/mol. The van der Waals surface area contributed by atoms with E-state index in [1.54, 1.807) is 0 Å². The fraction of sp³-hybridized carbons (Fsp3) is 0.571. The summed E-state index contributed by atoms with van der Waals surface area (Å²) < 4.78 is 56.2. The third-order valence-corrected chi connectivity index (χ3v) is 5.95. The van der Waals surface area contributed by atoms with Crippen LogP contribution in [0.1, 0.15) is 12.8 Å². The minimum absolute atomic E-state index is 0.0179. The van der Waals surface area contributed by atoms with E-state index in [1.165, 1.54) is 23.5 Å². The van der Waals surface area contributed by atoms with Gasteiger partial charge in [-0.15, -0.1) is 0 Å². The number of rotatable bonds is 3. The number of hydrogen-bond acceptors (Lipinski definition) is 5. The monoisotopic (exact) mass is 331 g/mol. The largest absolute Gasteiger partial charge is 0.494 e. The lowest BCUT2D eigenvalue weighted by Crippen LogP contribution is -2.47. The Morgan fingerprint density at radius 1 is 1.23 bits per heavy atom. The highest BCUT2D eigenvalue weighted by atomic mass is 32.2. The molecule has 1 aromatic carbocycles. The van der Waals surface area contributed by atoms with Gasteiger partial charge in [0.2, 0.25) is 10.0 Å². The van der Waals surface area contributed by atoms with Gasteiger partial charge in [-0.25, -0.2) is 12.8 Å². The van der Waals surface area contributed by atoms with Crippen molar-refractivity contribution < 1.29 is 27.0 Å². The van der Waals surface area contributed by atoms with E-state index in [0.29, 0.717) is 26.1 Å². The van der Waals surface area contributed by atoms with E-state index in [9.17, 15) is 12.8 Å². The van der Waals surface area contributed by atoms with E-state index < -0.39 is 21.6 Å². The van der Waals surface area contributed by atoms with Crippen LogP contribution in [0.5, 0.6) is 5.75 Å². The molecule has 8 heteroatoms. The van der Waals surface area contributed by atoms with E-state index in [4.69, 9.17) is 14.2 Å². The molecule has 2 heterocycles. The molecule has 0 atom stereocenters. The van der Waals surface area contributed by atoms with Crippen molar-refractivity contribution >= 4 is 10.0 Å². The van der Waals surface area contributed by atoms with Gasteiger partial charge in [-0.1, -0.05) is 0 Å². The standard InChI is InChI=1S/C14H18FNO5S/c1-19-13-3-2-11(10-12(13)15)22(17,18)16-6-4-14(5-7-16)20-8-9-21-14/h2-3,10H,4-9H2,1H3. The Labute approximate surface area is 128 Å². The van der Waals surface area contributed by atoms with Crippen molar-refractivity contribution in [3.63, 3.8) is 0 Å². The van der Waals surface area contributed by atoms with Crippen LogP contribution >= 0.6 is 0 Å². The van der Waals surface area contributed by atoms with Crippen LogP contribution in [0, 0.1) is 5.82 Å². The maximum Gasteiger partial charge on any atom is 0.243 e. The summed E-state index contributed by atoms with van der Waals surface area (Å²) in [6.45, 7) is 1.65. The Balaban J connectivity index is 1.77. The van der Waals surface area contributed by atoms with E-state index in [0.717, 1.165) is 6.07 Å². The highest BCUT2D eigenvalue weighted by Gasteiger charge is 2.42. The molecule has 0 aromatic heterocycles. The van der Waals surface area contributed by atoms with Crippen molar-refractivity contribution in [2.45, 2.75) is 23.5 Å². The molecule has 6 nitrogen and oxygen atoms in total. The van der Waals surface area contributed by atoms with Crippen molar-refractivity contribution in [1.29, 1.82) is 0 Å². The zero-order chi connectivity index (χ0) is 15.8. The molecule has 3 rings (SSSR count). The van der Waals surface area contributed by atoms with Crippen LogP contribution in [0.25, 0.3) is 0 Å². The number of piperidine rings is 1. The fourth-order valence-electron chi connectivity index (χ4n) is 2.81. The third-order valence-electron chi connectivity index (χ3n) is 4.06. The Morgan fingerprint density at radius 2 is 1.86 bits per heavy atom. The predicted octanol–water partition coefficient (Wildman–Crippen LogP) is 1.36. The summed E-state index contributed by atoms with van der Waals surface area (Å²) >= 11 is 0. The summed E-state index contributed by atoms with van der Waals surface area (Å²) in [4.78, 5) is -0.0741. The Kier molecular flexibility index (Phi) is 4.11. The molecule has 1 spiro atoms. The maximum atomic E-state index is 13.7. The summed E-state index contributed by atoms with van der Waals surface area (Å²) in [6, 6.07) is 3.65. The van der Waals surface area contributed by atoms with Gasteiger partial charge in [0, 0.05) is 25.9 Å². The average Bonchev–Trinajstić information content (AvgIpc) is 2.95. The number of hydrogen-bond donors (Lipinski definition) is 0. The van der Waals surface area contributed by atoms with E-state index >= 15 is 0 Å². The van der Waals surface area contributed by atoms with E-state index in [-0.39, 0.29) is 23.7 Å². The smallest absolute Gasteiger partial charge is 0.243 e. The Morgan fingerprint density at radius 3 is 2.41 bits per heavy atom. The molecule has 2 aliphatic rings. The zero-order valence-electron chi connectivity index (χ0n) is 12.2. The molecule has 2 aliphatic heterocycles. The summed E-state index contributed by atoms with van der Waals surface area (Å²) in [6.07, 6.45) is 0.954. The third kappa shape index (κ3) is 2.71. The predicted molar refractivity (Wildman–Crippen MR) is 75.6 cm³/mol. The SMILES string of the molecule is COc1ccc(S(=O)(=O)N2CCC3(CC2)OCCO3)cc1F. The quantitative estimate of drug-likeness (QED) is 0.837. The van der Waals surface area contributed by atoms with Gasteiger partial charge in [0.05, 0.1) is 25.2 Å². The number of methoxy groups -OCH3 is 1. The van der Waals surface area contributed by atoms with Gasteiger partial charge in [0.1, 0.15) is 0 Å². The van der Waals surface area contributed by atoms with Gasteiger partial charge in [-0.2, -0.15) is 4.31 Å². The highest BCUT2D eigenvalue weighted by Crippen LogP contribution is 2.33. The lowest BCUT2D eigenvalue weighted by molar-refractivity contribution is -0.179. The molecule has 122 valence electrons. The van der Waals surface area contributed by atoms with Crippen molar-refractivity contribution in [2.75, 3.05) is 33.4 Å². The molecular formula is C14H18FNO5S. The minimum atomic E-state index is -3.73. The van der Waals surface area contributed by atoms with Crippen molar-refractivity contribution in [2.24, 2.45) is 0 Å². The fourth-order valence-corrected chi connectivity index (χ4v) is 4.26. The second-order valence-corrected chi connectivity index (χ2v) is 7.25. The lowest BCUT2D eigenvalue weighted by atomic mass is 10.1. The Hall–Kier alpha value is -1.22. The summed E-state index contributed by atoms with van der Waals surface area (Å²) in [5, 5.41) is 0. The van der Waals surface area contributed by atoms with Crippen LogP contribution in [-0.4, -0.2) is 51.9 Å². The van der Waals surface area contributed by atoms with Gasteiger partial charge < -0.3 is 14.2 Å². The molecular weight excluding hydrogens is 313 g/mol. The molecule has 0 saturated carbocycles. The summed E-state index contributed by atoms with van der Waals surface area (Å²) in [5.41, 5.74) is 0. The number of benzene rings is 1. The van der Waals surface area contributed by atoms with Gasteiger partial charge in [-0.3, -0.25) is 0 Å². The molecule has 1 aromatic rings. The zero-order valence-corrected chi connectivity index (χ0v) is 13.1. The van der Waals surface area contributed by atoms with Crippen LogP contribution in [0.2, 0.25) is 0 Å². The molecule has 22 heavy (non-hydrogen) atoms. The normalized spacial score (nSPS) is 22.1. The first-order valence-electron chi connectivity index (χ1n) is 7.08. The summed E-state index contributed by atoms with van der Waals surface area (Å²) in [5.74, 6) is -1.32. The lowest BCUT2D eigenvalue weighted by Gasteiger charge is -2.36. The molecule has 0 amide bonds. The number of nitrogens with zero attached hydrogens (tertiary/aromatic N) is 1. The first kappa shape index (κ1) is 15.7. The maximum absolute atomic E-state index is 13.7. The van der Waals surface area contributed by atoms with Gasteiger partial charge in [0.25, 0.3) is 0 Å². The summed E-state index contributed by atoms with van der Waals surface area (Å²) in [7, 11) is -2.40. The van der Waals surface area contributed by atoms with Crippen LogP contribution in [0.3, 0.4) is 0 Å². The Bertz CT molecular complexity index is 647. The van der Waals surface area contributed by atoms with Gasteiger partial charge in [-0.05, 0) is 18.2 Å². The second-order valence-electron chi connectivity index (χ2n) is 5.31. The number of ether oxygens (including phenoxy) is 3. The molecule has 0 unspecified atom stereocenters. The van der Waals surface area contributed by atoms with Crippen LogP contribution in [0.4, 0.5) is 4.39 Å². The second kappa shape index (κ2) is 5.77. The number of halogens is 1. The van der Waals surface area contributed by atoms with E-state index in [1.807, 2.05) is 0 Å². The van der Waals surface area contributed by atoms with Crippen molar-refractivity contribution in [3.8, 4) is 5.75 Å².